The normalized spacial score (nSPS) is 18.0. The molecule has 0 fully saturated rings. The van der Waals surface area contributed by atoms with Crippen LogP contribution in [0, 0.1) is 0 Å². The minimum Gasteiger partial charge on any atom is -0.394 e. The van der Waals surface area contributed by atoms with E-state index in [0.29, 0.717) is 17.4 Å². The van der Waals surface area contributed by atoms with Crippen LogP contribution in [0.4, 0.5) is 11.5 Å². The quantitative estimate of drug-likeness (QED) is 0.862. The van der Waals surface area contributed by atoms with Gasteiger partial charge >= 0.3 is 0 Å². The minimum absolute atomic E-state index is 0.383. The summed E-state index contributed by atoms with van der Waals surface area (Å²) in [6.07, 6.45) is 5.92. The summed E-state index contributed by atoms with van der Waals surface area (Å²) in [5, 5.41) is 0. The lowest BCUT2D eigenvalue weighted by Gasteiger charge is -2.25. The molecule has 0 bridgehead atoms. The van der Waals surface area contributed by atoms with E-state index < -0.39 is 0 Å². The van der Waals surface area contributed by atoms with E-state index in [4.69, 9.17) is 11.5 Å². The summed E-state index contributed by atoms with van der Waals surface area (Å²) >= 11 is 0. The topological polar surface area (TPSA) is 77.8 Å². The first-order chi connectivity index (χ1) is 9.25. The molecule has 0 amide bonds. The van der Waals surface area contributed by atoms with Crippen LogP contribution in [0.25, 0.3) is 0 Å². The van der Waals surface area contributed by atoms with Gasteiger partial charge in [0, 0.05) is 0 Å². The van der Waals surface area contributed by atoms with Gasteiger partial charge in [-0.3, -0.25) is 0 Å². The van der Waals surface area contributed by atoms with Gasteiger partial charge in [-0.25, -0.2) is 9.97 Å². The fraction of sp³-hybridized carbons (Fsp3) is 0.333. The van der Waals surface area contributed by atoms with Gasteiger partial charge in [-0.05, 0) is 42.7 Å². The van der Waals surface area contributed by atoms with Crippen LogP contribution in [0.1, 0.15) is 35.6 Å². The fourth-order valence-corrected chi connectivity index (χ4v) is 2.91. The highest BCUT2D eigenvalue weighted by molar-refractivity contribution is 5.60. The van der Waals surface area contributed by atoms with Crippen LogP contribution < -0.4 is 11.5 Å². The molecular formula is C15H18N4. The van der Waals surface area contributed by atoms with E-state index in [1.54, 1.807) is 0 Å². The highest BCUT2D eigenvalue weighted by Crippen LogP contribution is 2.34. The number of hydrogen-bond donors (Lipinski definition) is 2. The first-order valence-corrected chi connectivity index (χ1v) is 6.68. The van der Waals surface area contributed by atoms with Crippen LogP contribution in [-0.2, 0) is 12.8 Å². The summed E-state index contributed by atoms with van der Waals surface area (Å²) in [6.45, 7) is 0. The largest absolute Gasteiger partial charge is 0.394 e. The Balaban J connectivity index is 1.91. The van der Waals surface area contributed by atoms with Gasteiger partial charge in [0.25, 0.3) is 0 Å². The summed E-state index contributed by atoms with van der Waals surface area (Å²) in [4.78, 5) is 8.21. The van der Waals surface area contributed by atoms with Crippen molar-refractivity contribution >= 4 is 11.5 Å². The minimum atomic E-state index is 0.383. The maximum Gasteiger partial charge on any atom is 0.150 e. The van der Waals surface area contributed by atoms with Gasteiger partial charge in [0.05, 0.1) is 11.4 Å². The molecule has 2 aromatic rings. The molecular weight excluding hydrogens is 236 g/mol. The van der Waals surface area contributed by atoms with Gasteiger partial charge in [-0.1, -0.05) is 24.3 Å². The first-order valence-electron chi connectivity index (χ1n) is 6.68. The summed E-state index contributed by atoms with van der Waals surface area (Å²) in [6, 6.07) is 8.66. The fourth-order valence-electron chi connectivity index (χ4n) is 2.91. The molecule has 0 radical (unpaired) electrons. The van der Waals surface area contributed by atoms with Crippen LogP contribution in [0.15, 0.2) is 30.6 Å². The Morgan fingerprint density at radius 2 is 2.00 bits per heavy atom. The predicted octanol–water partition coefficient (Wildman–Crippen LogP) is 2.30. The summed E-state index contributed by atoms with van der Waals surface area (Å²) in [5.41, 5.74) is 16.0. The van der Waals surface area contributed by atoms with E-state index >= 15 is 0 Å². The lowest BCUT2D eigenvalue weighted by Crippen LogP contribution is -2.14. The Morgan fingerprint density at radius 1 is 1.16 bits per heavy atom. The average Bonchev–Trinajstić information content (AvgIpc) is 2.44. The van der Waals surface area contributed by atoms with Crippen molar-refractivity contribution in [2.24, 2.45) is 0 Å². The maximum atomic E-state index is 5.97. The van der Waals surface area contributed by atoms with E-state index in [-0.39, 0.29) is 0 Å². The van der Waals surface area contributed by atoms with Crippen LogP contribution in [0.5, 0.6) is 0 Å². The number of aryl methyl sites for hydroxylation is 1. The molecule has 4 heteroatoms. The van der Waals surface area contributed by atoms with Gasteiger partial charge < -0.3 is 11.5 Å². The van der Waals surface area contributed by atoms with Crippen molar-refractivity contribution in [3.05, 3.63) is 47.4 Å². The molecule has 3 rings (SSSR count). The molecule has 0 spiro atoms. The molecule has 4 N–H and O–H groups in total. The third-order valence-electron chi connectivity index (χ3n) is 3.93. The SMILES string of the molecule is Nc1ncnc(CC2CCCc3ccccc32)c1N. The number of rotatable bonds is 2. The molecule has 4 nitrogen and oxygen atoms in total. The summed E-state index contributed by atoms with van der Waals surface area (Å²) in [7, 11) is 0. The number of nitrogens with zero attached hydrogens (tertiary/aromatic N) is 2. The van der Waals surface area contributed by atoms with Crippen molar-refractivity contribution in [2.75, 3.05) is 11.5 Å². The van der Waals surface area contributed by atoms with Crippen molar-refractivity contribution in [3.63, 3.8) is 0 Å². The molecule has 1 aliphatic rings. The highest BCUT2D eigenvalue weighted by atomic mass is 14.9. The Hall–Kier alpha value is -2.10. The van der Waals surface area contributed by atoms with Crippen molar-refractivity contribution in [1.82, 2.24) is 9.97 Å². The Bertz CT molecular complexity index is 594. The smallest absolute Gasteiger partial charge is 0.150 e. The average molecular weight is 254 g/mol. The number of hydrogen-bond acceptors (Lipinski definition) is 4. The Labute approximate surface area is 112 Å². The highest BCUT2D eigenvalue weighted by Gasteiger charge is 2.21. The second-order valence-corrected chi connectivity index (χ2v) is 5.11. The Morgan fingerprint density at radius 3 is 2.89 bits per heavy atom. The molecule has 1 aromatic carbocycles. The molecule has 0 saturated carbocycles. The van der Waals surface area contributed by atoms with E-state index in [9.17, 15) is 0 Å². The summed E-state index contributed by atoms with van der Waals surface area (Å²) < 4.78 is 0. The molecule has 1 aliphatic carbocycles. The lowest BCUT2D eigenvalue weighted by atomic mass is 9.80. The van der Waals surface area contributed by atoms with E-state index in [1.807, 2.05) is 0 Å². The number of aromatic nitrogens is 2. The number of benzene rings is 1. The molecule has 1 atom stereocenters. The van der Waals surface area contributed by atoms with Crippen molar-refractivity contribution in [3.8, 4) is 0 Å². The van der Waals surface area contributed by atoms with Gasteiger partial charge in [-0.2, -0.15) is 0 Å². The second-order valence-electron chi connectivity index (χ2n) is 5.11. The molecule has 0 aliphatic heterocycles. The van der Waals surface area contributed by atoms with Crippen molar-refractivity contribution in [2.45, 2.75) is 31.6 Å². The second kappa shape index (κ2) is 4.88. The predicted molar refractivity (Wildman–Crippen MR) is 76.7 cm³/mol. The van der Waals surface area contributed by atoms with E-state index in [0.717, 1.165) is 12.1 Å². The number of fused-ring (bicyclic) bond motifs is 1. The standard InChI is InChI=1S/C15H18N4/c16-14-13(18-9-19-15(14)17)8-11-6-3-5-10-4-1-2-7-12(10)11/h1-2,4,7,9,11H,3,5-6,8,16H2,(H2,17,18,19). The lowest BCUT2D eigenvalue weighted by molar-refractivity contribution is 0.546. The zero-order valence-electron chi connectivity index (χ0n) is 10.8. The molecule has 98 valence electrons. The van der Waals surface area contributed by atoms with Crippen molar-refractivity contribution < 1.29 is 0 Å². The van der Waals surface area contributed by atoms with Crippen LogP contribution in [0.3, 0.4) is 0 Å². The molecule has 1 heterocycles. The summed E-state index contributed by atoms with van der Waals surface area (Å²) in [5.74, 6) is 0.871. The third-order valence-corrected chi connectivity index (χ3v) is 3.93. The van der Waals surface area contributed by atoms with Crippen molar-refractivity contribution in [1.29, 1.82) is 0 Å². The van der Waals surface area contributed by atoms with Crippen LogP contribution in [0.2, 0.25) is 0 Å². The Kier molecular flexibility index (Phi) is 3.07. The monoisotopic (exact) mass is 254 g/mol. The van der Waals surface area contributed by atoms with Gasteiger partial charge in [0.15, 0.2) is 0 Å². The third kappa shape index (κ3) is 2.26. The van der Waals surface area contributed by atoms with E-state index in [1.165, 1.54) is 36.7 Å². The maximum absolute atomic E-state index is 5.97. The zero-order valence-corrected chi connectivity index (χ0v) is 10.8. The first kappa shape index (κ1) is 12.0. The molecule has 0 saturated heterocycles. The van der Waals surface area contributed by atoms with E-state index in [2.05, 4.69) is 34.2 Å². The van der Waals surface area contributed by atoms with Crippen LogP contribution >= 0.6 is 0 Å². The van der Waals surface area contributed by atoms with Gasteiger partial charge in [-0.15, -0.1) is 0 Å². The van der Waals surface area contributed by atoms with Gasteiger partial charge in [0.2, 0.25) is 0 Å². The van der Waals surface area contributed by atoms with Gasteiger partial charge in [0.1, 0.15) is 12.1 Å². The number of nitrogen functional groups attached to an aromatic ring is 2. The number of anilines is 2. The number of nitrogens with two attached hydrogens (primary N) is 2. The zero-order chi connectivity index (χ0) is 13.2. The molecule has 19 heavy (non-hydrogen) atoms. The molecule has 1 unspecified atom stereocenters. The van der Waals surface area contributed by atoms with Crippen LogP contribution in [-0.4, -0.2) is 9.97 Å². The molecule has 1 aromatic heterocycles.